The van der Waals surface area contributed by atoms with E-state index in [0.717, 1.165) is 22.8 Å². The summed E-state index contributed by atoms with van der Waals surface area (Å²) in [5.41, 5.74) is 2.15. The van der Waals surface area contributed by atoms with Crippen LogP contribution < -0.4 is 10.2 Å². The molecule has 0 aliphatic heterocycles. The first-order valence-electron chi connectivity index (χ1n) is 5.57. The van der Waals surface area contributed by atoms with Crippen molar-refractivity contribution in [3.05, 3.63) is 42.0 Å². The summed E-state index contributed by atoms with van der Waals surface area (Å²) in [6, 6.07) is 5.96. The van der Waals surface area contributed by atoms with Crippen LogP contribution in [0, 0.1) is 6.92 Å². The van der Waals surface area contributed by atoms with Crippen LogP contribution in [-0.2, 0) is 6.54 Å². The van der Waals surface area contributed by atoms with Crippen LogP contribution in [0.4, 0.5) is 11.5 Å². The zero-order valence-electron chi connectivity index (χ0n) is 10.4. The Hall–Kier alpha value is -1.97. The van der Waals surface area contributed by atoms with E-state index in [1.807, 2.05) is 50.3 Å². The SMILES string of the molecule is Cc1ccoc1CNc1ccc(N(C)C)nc1. The minimum absolute atomic E-state index is 0.682. The Balaban J connectivity index is 1.98. The molecule has 0 unspecified atom stereocenters. The maximum atomic E-state index is 5.36. The fraction of sp³-hybridized carbons (Fsp3) is 0.308. The van der Waals surface area contributed by atoms with E-state index in [0.29, 0.717) is 6.54 Å². The smallest absolute Gasteiger partial charge is 0.128 e. The number of aromatic nitrogens is 1. The first-order chi connectivity index (χ1) is 8.16. The van der Waals surface area contributed by atoms with E-state index in [9.17, 15) is 0 Å². The second kappa shape index (κ2) is 4.91. The van der Waals surface area contributed by atoms with Gasteiger partial charge in [-0.25, -0.2) is 4.98 Å². The molecule has 2 aromatic heterocycles. The number of aryl methyl sites for hydroxylation is 1. The number of rotatable bonds is 4. The molecule has 2 rings (SSSR count). The topological polar surface area (TPSA) is 41.3 Å². The van der Waals surface area contributed by atoms with Crippen molar-refractivity contribution in [3.8, 4) is 0 Å². The van der Waals surface area contributed by atoms with Gasteiger partial charge in [0.15, 0.2) is 0 Å². The lowest BCUT2D eigenvalue weighted by Crippen LogP contribution is -2.10. The van der Waals surface area contributed by atoms with Crippen molar-refractivity contribution in [2.75, 3.05) is 24.3 Å². The van der Waals surface area contributed by atoms with Crippen LogP contribution in [-0.4, -0.2) is 19.1 Å². The molecule has 0 saturated carbocycles. The van der Waals surface area contributed by atoms with Crippen LogP contribution in [0.5, 0.6) is 0 Å². The van der Waals surface area contributed by atoms with Crippen LogP contribution in [0.2, 0.25) is 0 Å². The predicted molar refractivity (Wildman–Crippen MR) is 69.3 cm³/mol. The average molecular weight is 231 g/mol. The maximum Gasteiger partial charge on any atom is 0.128 e. The van der Waals surface area contributed by atoms with E-state index >= 15 is 0 Å². The summed E-state index contributed by atoms with van der Waals surface area (Å²) in [6.45, 7) is 2.72. The van der Waals surface area contributed by atoms with Crippen LogP contribution in [0.15, 0.2) is 35.1 Å². The zero-order chi connectivity index (χ0) is 12.3. The molecule has 0 aromatic carbocycles. The molecule has 0 saturated heterocycles. The Bertz CT molecular complexity index is 474. The maximum absolute atomic E-state index is 5.36. The largest absolute Gasteiger partial charge is 0.467 e. The average Bonchev–Trinajstić information content (AvgIpc) is 2.73. The molecule has 0 aliphatic rings. The van der Waals surface area contributed by atoms with Gasteiger partial charge >= 0.3 is 0 Å². The zero-order valence-corrected chi connectivity index (χ0v) is 10.4. The van der Waals surface area contributed by atoms with Gasteiger partial charge < -0.3 is 14.6 Å². The molecule has 0 amide bonds. The Morgan fingerprint density at radius 2 is 2.12 bits per heavy atom. The molecule has 1 N–H and O–H groups in total. The molecule has 2 heterocycles. The molecule has 2 aromatic rings. The summed E-state index contributed by atoms with van der Waals surface area (Å²) in [6.07, 6.45) is 3.54. The lowest BCUT2D eigenvalue weighted by atomic mass is 10.3. The van der Waals surface area contributed by atoms with Crippen molar-refractivity contribution >= 4 is 11.5 Å². The van der Waals surface area contributed by atoms with Crippen molar-refractivity contribution in [2.45, 2.75) is 13.5 Å². The number of nitrogens with zero attached hydrogens (tertiary/aromatic N) is 2. The highest BCUT2D eigenvalue weighted by molar-refractivity contribution is 5.48. The number of hydrogen-bond donors (Lipinski definition) is 1. The second-order valence-electron chi connectivity index (χ2n) is 4.18. The first-order valence-corrected chi connectivity index (χ1v) is 5.57. The van der Waals surface area contributed by atoms with Gasteiger partial charge in [0.05, 0.1) is 24.7 Å². The highest BCUT2D eigenvalue weighted by Gasteiger charge is 2.02. The standard InChI is InChI=1S/C13H17N3O/c1-10-6-7-17-12(10)9-14-11-4-5-13(15-8-11)16(2)3/h4-8,14H,9H2,1-3H3. The molecule has 4 heteroatoms. The van der Waals surface area contributed by atoms with Crippen LogP contribution in [0.1, 0.15) is 11.3 Å². The van der Waals surface area contributed by atoms with Gasteiger partial charge in [-0.15, -0.1) is 0 Å². The number of nitrogens with one attached hydrogen (secondary N) is 1. The van der Waals surface area contributed by atoms with E-state index in [4.69, 9.17) is 4.42 Å². The van der Waals surface area contributed by atoms with Crippen LogP contribution >= 0.6 is 0 Å². The third kappa shape index (κ3) is 2.78. The lowest BCUT2D eigenvalue weighted by Gasteiger charge is -2.11. The number of anilines is 2. The Morgan fingerprint density at radius 3 is 2.65 bits per heavy atom. The molecule has 0 atom stereocenters. The Labute approximate surface area is 101 Å². The van der Waals surface area contributed by atoms with Gasteiger partial charge in [-0.3, -0.25) is 0 Å². The minimum atomic E-state index is 0.682. The molecule has 17 heavy (non-hydrogen) atoms. The summed E-state index contributed by atoms with van der Waals surface area (Å²) < 4.78 is 5.36. The van der Waals surface area contributed by atoms with Gasteiger partial charge in [0.25, 0.3) is 0 Å². The van der Waals surface area contributed by atoms with Gasteiger partial charge in [-0.1, -0.05) is 0 Å². The van der Waals surface area contributed by atoms with Gasteiger partial charge in [0, 0.05) is 14.1 Å². The third-order valence-electron chi connectivity index (χ3n) is 2.63. The minimum Gasteiger partial charge on any atom is -0.467 e. The van der Waals surface area contributed by atoms with Gasteiger partial charge in [-0.05, 0) is 30.7 Å². The highest BCUT2D eigenvalue weighted by Crippen LogP contribution is 2.14. The molecular weight excluding hydrogens is 214 g/mol. The monoisotopic (exact) mass is 231 g/mol. The number of hydrogen-bond acceptors (Lipinski definition) is 4. The van der Waals surface area contributed by atoms with Crippen LogP contribution in [0.25, 0.3) is 0 Å². The van der Waals surface area contributed by atoms with Crippen molar-refractivity contribution in [3.63, 3.8) is 0 Å². The summed E-state index contributed by atoms with van der Waals surface area (Å²) in [5, 5.41) is 3.28. The summed E-state index contributed by atoms with van der Waals surface area (Å²) in [4.78, 5) is 6.31. The highest BCUT2D eigenvalue weighted by atomic mass is 16.3. The Kier molecular flexibility index (Phi) is 3.32. The van der Waals surface area contributed by atoms with Crippen molar-refractivity contribution in [1.29, 1.82) is 0 Å². The summed E-state index contributed by atoms with van der Waals surface area (Å²) in [5.74, 6) is 1.91. The molecule has 0 radical (unpaired) electrons. The summed E-state index contributed by atoms with van der Waals surface area (Å²) in [7, 11) is 3.95. The predicted octanol–water partition coefficient (Wildman–Crippen LogP) is 2.66. The first kappa shape index (κ1) is 11.5. The third-order valence-corrected chi connectivity index (χ3v) is 2.63. The Morgan fingerprint density at radius 1 is 1.29 bits per heavy atom. The number of furan rings is 1. The molecule has 4 nitrogen and oxygen atoms in total. The van der Waals surface area contributed by atoms with Crippen LogP contribution in [0.3, 0.4) is 0 Å². The molecule has 0 fully saturated rings. The second-order valence-corrected chi connectivity index (χ2v) is 4.18. The van der Waals surface area contributed by atoms with Crippen molar-refractivity contribution in [1.82, 2.24) is 4.98 Å². The molecule has 0 aliphatic carbocycles. The normalized spacial score (nSPS) is 10.3. The summed E-state index contributed by atoms with van der Waals surface area (Å²) >= 11 is 0. The van der Waals surface area contributed by atoms with Crippen molar-refractivity contribution in [2.24, 2.45) is 0 Å². The van der Waals surface area contributed by atoms with E-state index in [2.05, 4.69) is 10.3 Å². The van der Waals surface area contributed by atoms with E-state index in [1.54, 1.807) is 6.26 Å². The fourth-order valence-electron chi connectivity index (χ4n) is 1.52. The van der Waals surface area contributed by atoms with E-state index in [1.165, 1.54) is 0 Å². The lowest BCUT2D eigenvalue weighted by molar-refractivity contribution is 0.515. The van der Waals surface area contributed by atoms with Crippen molar-refractivity contribution < 1.29 is 4.42 Å². The van der Waals surface area contributed by atoms with Gasteiger partial charge in [0.2, 0.25) is 0 Å². The molecule has 0 spiro atoms. The molecule has 90 valence electrons. The van der Waals surface area contributed by atoms with Gasteiger partial charge in [0.1, 0.15) is 11.6 Å². The quantitative estimate of drug-likeness (QED) is 0.878. The molecular formula is C13H17N3O. The van der Waals surface area contributed by atoms with E-state index in [-0.39, 0.29) is 0 Å². The fourth-order valence-corrected chi connectivity index (χ4v) is 1.52. The number of pyridine rings is 1. The molecule has 0 bridgehead atoms. The van der Waals surface area contributed by atoms with E-state index < -0.39 is 0 Å². The van der Waals surface area contributed by atoms with Gasteiger partial charge in [-0.2, -0.15) is 0 Å².